The number of carbonyl (C=O) groups excluding carboxylic acids is 2. The minimum Gasteiger partial charge on any atom is -0.453 e. The summed E-state index contributed by atoms with van der Waals surface area (Å²) in [6, 6.07) is 7.43. The maximum atomic E-state index is 12.5. The summed E-state index contributed by atoms with van der Waals surface area (Å²) in [7, 11) is 1.35. The lowest BCUT2D eigenvalue weighted by Gasteiger charge is -2.30. The Balaban J connectivity index is 1.66. The summed E-state index contributed by atoms with van der Waals surface area (Å²) >= 11 is 0. The number of benzene rings is 1. The van der Waals surface area contributed by atoms with Crippen molar-refractivity contribution in [3.05, 3.63) is 36.9 Å². The molecule has 0 saturated carbocycles. The molecule has 1 atom stereocenters. The van der Waals surface area contributed by atoms with Gasteiger partial charge in [-0.1, -0.05) is 6.07 Å². The van der Waals surface area contributed by atoms with Crippen molar-refractivity contribution >= 4 is 17.7 Å². The standard InChI is InChI=1S/C16H19N5O3/c1-24-16(23)20-7-3-4-12(9-20)15(22)19-13-5-2-6-14(8-13)21-10-17-18-11-21/h2,5-6,8,10-12H,3-4,7,9H2,1H3,(H,19,22)/t12-/m1/s1. The molecule has 3 rings (SSSR count). The van der Waals surface area contributed by atoms with Gasteiger partial charge in [0.05, 0.1) is 18.7 Å². The molecule has 0 spiro atoms. The van der Waals surface area contributed by atoms with E-state index in [1.54, 1.807) is 22.1 Å². The molecule has 1 aliphatic heterocycles. The first-order valence-corrected chi connectivity index (χ1v) is 7.76. The average Bonchev–Trinajstić information content (AvgIpc) is 3.16. The number of aromatic nitrogens is 3. The van der Waals surface area contributed by atoms with Gasteiger partial charge in [-0.3, -0.25) is 9.36 Å². The van der Waals surface area contributed by atoms with E-state index < -0.39 is 0 Å². The van der Waals surface area contributed by atoms with E-state index in [0.29, 0.717) is 18.8 Å². The minimum atomic E-state index is -0.387. The summed E-state index contributed by atoms with van der Waals surface area (Å²) in [4.78, 5) is 25.7. The van der Waals surface area contributed by atoms with E-state index >= 15 is 0 Å². The van der Waals surface area contributed by atoms with E-state index in [4.69, 9.17) is 4.74 Å². The largest absolute Gasteiger partial charge is 0.453 e. The molecule has 0 unspecified atom stereocenters. The van der Waals surface area contributed by atoms with Crippen LogP contribution < -0.4 is 5.32 Å². The van der Waals surface area contributed by atoms with Gasteiger partial charge in [-0.15, -0.1) is 10.2 Å². The summed E-state index contributed by atoms with van der Waals surface area (Å²) in [5.74, 6) is -0.332. The number of hydrogen-bond donors (Lipinski definition) is 1. The number of anilines is 1. The van der Waals surface area contributed by atoms with Crippen LogP contribution in [-0.4, -0.2) is 51.9 Å². The number of nitrogens with zero attached hydrogens (tertiary/aromatic N) is 4. The fourth-order valence-corrected chi connectivity index (χ4v) is 2.81. The minimum absolute atomic E-state index is 0.0930. The van der Waals surface area contributed by atoms with Gasteiger partial charge in [-0.05, 0) is 31.0 Å². The fraction of sp³-hybridized carbons (Fsp3) is 0.375. The molecule has 2 amide bonds. The van der Waals surface area contributed by atoms with Crippen molar-refractivity contribution in [3.63, 3.8) is 0 Å². The first-order chi connectivity index (χ1) is 11.7. The topological polar surface area (TPSA) is 89.4 Å². The Kier molecular flexibility index (Phi) is 4.74. The van der Waals surface area contributed by atoms with E-state index in [1.807, 2.05) is 24.3 Å². The average molecular weight is 329 g/mol. The lowest BCUT2D eigenvalue weighted by Crippen LogP contribution is -2.43. The lowest BCUT2D eigenvalue weighted by atomic mass is 9.97. The molecule has 8 nitrogen and oxygen atoms in total. The van der Waals surface area contributed by atoms with Crippen molar-refractivity contribution in [1.82, 2.24) is 19.7 Å². The van der Waals surface area contributed by atoms with E-state index in [1.165, 1.54) is 7.11 Å². The second-order valence-electron chi connectivity index (χ2n) is 5.66. The predicted molar refractivity (Wildman–Crippen MR) is 86.7 cm³/mol. The van der Waals surface area contributed by atoms with Crippen molar-refractivity contribution in [1.29, 1.82) is 0 Å². The third-order valence-electron chi connectivity index (χ3n) is 4.06. The third kappa shape index (κ3) is 3.53. The Morgan fingerprint density at radius 3 is 2.83 bits per heavy atom. The number of ether oxygens (including phenoxy) is 1. The molecule has 2 heterocycles. The van der Waals surface area contributed by atoms with Crippen LogP contribution >= 0.6 is 0 Å². The highest BCUT2D eigenvalue weighted by Crippen LogP contribution is 2.20. The summed E-state index contributed by atoms with van der Waals surface area (Å²) in [5, 5.41) is 10.5. The van der Waals surface area contributed by atoms with Gasteiger partial charge in [-0.25, -0.2) is 4.79 Å². The van der Waals surface area contributed by atoms with Crippen molar-refractivity contribution in [2.75, 3.05) is 25.5 Å². The monoisotopic (exact) mass is 329 g/mol. The Hall–Kier alpha value is -2.90. The molecule has 0 bridgehead atoms. The maximum absolute atomic E-state index is 12.5. The van der Waals surface area contributed by atoms with Gasteiger partial charge in [0.25, 0.3) is 0 Å². The highest BCUT2D eigenvalue weighted by Gasteiger charge is 2.28. The lowest BCUT2D eigenvalue weighted by molar-refractivity contribution is -0.121. The number of piperidine rings is 1. The van der Waals surface area contributed by atoms with E-state index in [-0.39, 0.29) is 17.9 Å². The SMILES string of the molecule is COC(=O)N1CCC[C@@H](C(=O)Nc2cccc(-n3cnnc3)c2)C1. The van der Waals surface area contributed by atoms with Gasteiger partial charge in [0, 0.05) is 18.8 Å². The molecule has 1 N–H and O–H groups in total. The first kappa shape index (κ1) is 16.0. The highest BCUT2D eigenvalue weighted by molar-refractivity contribution is 5.93. The molecular weight excluding hydrogens is 310 g/mol. The summed E-state index contributed by atoms with van der Waals surface area (Å²) in [6.45, 7) is 1.00. The molecule has 2 aromatic rings. The number of nitrogens with one attached hydrogen (secondary N) is 1. The molecule has 1 aromatic carbocycles. The van der Waals surface area contributed by atoms with Crippen LogP contribution in [0.25, 0.3) is 5.69 Å². The molecule has 0 radical (unpaired) electrons. The van der Waals surface area contributed by atoms with Crippen molar-refractivity contribution in [2.24, 2.45) is 5.92 Å². The third-order valence-corrected chi connectivity index (χ3v) is 4.06. The number of amides is 2. The first-order valence-electron chi connectivity index (χ1n) is 7.76. The van der Waals surface area contributed by atoms with Crippen LogP contribution in [0.5, 0.6) is 0 Å². The zero-order valence-corrected chi connectivity index (χ0v) is 13.4. The Labute approximate surface area is 139 Å². The summed E-state index contributed by atoms with van der Waals surface area (Å²) in [6.07, 6.45) is 4.34. The Bertz CT molecular complexity index is 716. The van der Waals surface area contributed by atoms with Gasteiger partial charge in [0.15, 0.2) is 0 Å². The van der Waals surface area contributed by atoms with E-state index in [2.05, 4.69) is 15.5 Å². The second-order valence-corrected chi connectivity index (χ2v) is 5.66. The normalized spacial score (nSPS) is 17.4. The Morgan fingerprint density at radius 1 is 1.29 bits per heavy atom. The smallest absolute Gasteiger partial charge is 0.409 e. The molecule has 8 heteroatoms. The van der Waals surface area contributed by atoms with Crippen LogP contribution in [0.1, 0.15) is 12.8 Å². The predicted octanol–water partition coefficient (Wildman–Crippen LogP) is 1.68. The van der Waals surface area contributed by atoms with Crippen LogP contribution in [0, 0.1) is 5.92 Å². The van der Waals surface area contributed by atoms with Crippen LogP contribution in [-0.2, 0) is 9.53 Å². The molecule has 126 valence electrons. The molecule has 24 heavy (non-hydrogen) atoms. The Morgan fingerprint density at radius 2 is 2.08 bits per heavy atom. The van der Waals surface area contributed by atoms with Crippen LogP contribution in [0.4, 0.5) is 10.5 Å². The summed E-state index contributed by atoms with van der Waals surface area (Å²) < 4.78 is 6.49. The van der Waals surface area contributed by atoms with Crippen molar-refractivity contribution < 1.29 is 14.3 Å². The molecule has 1 saturated heterocycles. The zero-order valence-electron chi connectivity index (χ0n) is 13.4. The fourth-order valence-electron chi connectivity index (χ4n) is 2.81. The zero-order chi connectivity index (χ0) is 16.9. The molecular formula is C16H19N5O3. The number of likely N-dealkylation sites (tertiary alicyclic amines) is 1. The van der Waals surface area contributed by atoms with Crippen LogP contribution in [0.2, 0.25) is 0 Å². The van der Waals surface area contributed by atoms with Gasteiger partial charge in [0.1, 0.15) is 12.7 Å². The maximum Gasteiger partial charge on any atom is 0.409 e. The van der Waals surface area contributed by atoms with Gasteiger partial charge in [-0.2, -0.15) is 0 Å². The van der Waals surface area contributed by atoms with Gasteiger partial charge >= 0.3 is 6.09 Å². The van der Waals surface area contributed by atoms with Gasteiger partial charge < -0.3 is 15.0 Å². The number of rotatable bonds is 3. The molecule has 1 aliphatic rings. The van der Waals surface area contributed by atoms with E-state index in [9.17, 15) is 9.59 Å². The van der Waals surface area contributed by atoms with Crippen molar-refractivity contribution in [2.45, 2.75) is 12.8 Å². The highest BCUT2D eigenvalue weighted by atomic mass is 16.5. The van der Waals surface area contributed by atoms with Crippen LogP contribution in [0.3, 0.4) is 0 Å². The molecule has 0 aliphatic carbocycles. The van der Waals surface area contributed by atoms with Crippen LogP contribution in [0.15, 0.2) is 36.9 Å². The number of methoxy groups -OCH3 is 1. The van der Waals surface area contributed by atoms with Crippen molar-refractivity contribution in [3.8, 4) is 5.69 Å². The molecule has 1 aromatic heterocycles. The molecule has 1 fully saturated rings. The van der Waals surface area contributed by atoms with E-state index in [0.717, 1.165) is 18.5 Å². The van der Waals surface area contributed by atoms with Gasteiger partial charge in [0.2, 0.25) is 5.91 Å². The number of hydrogen-bond acceptors (Lipinski definition) is 5. The quantitative estimate of drug-likeness (QED) is 0.925. The second kappa shape index (κ2) is 7.12. The summed E-state index contributed by atoms with van der Waals surface area (Å²) in [5.41, 5.74) is 1.55. The number of carbonyl (C=O) groups is 2.